The lowest BCUT2D eigenvalue weighted by molar-refractivity contribution is -0.147. The molecule has 6 nitrogen and oxygen atoms in total. The number of likely N-dealkylation sites (tertiary alicyclic amines) is 1. The molecular formula is C13H24N2O4. The fourth-order valence-electron chi connectivity index (χ4n) is 2.13. The number of nitrogens with one attached hydrogen (secondary N) is 1. The number of piperidine rings is 1. The van der Waals surface area contributed by atoms with Crippen LogP contribution in [0.3, 0.4) is 0 Å². The molecule has 1 aliphatic rings. The Hall–Kier alpha value is -1.30. The standard InChI is InChI=1S/C13H24N2O4/c1-4-12(2,10(16)17)8-14-11(18)15-7-5-6-13(3,19)9-15/h19H,4-9H2,1-3H3,(H,14,18)(H,16,17). The summed E-state index contributed by atoms with van der Waals surface area (Å²) in [6.07, 6.45) is 1.88. The van der Waals surface area contributed by atoms with Crippen LogP contribution in [0.4, 0.5) is 4.79 Å². The summed E-state index contributed by atoms with van der Waals surface area (Å²) in [4.78, 5) is 24.7. The van der Waals surface area contributed by atoms with E-state index in [2.05, 4.69) is 5.32 Å². The summed E-state index contributed by atoms with van der Waals surface area (Å²) in [6, 6.07) is -0.305. The predicted molar refractivity (Wildman–Crippen MR) is 70.9 cm³/mol. The van der Waals surface area contributed by atoms with Gasteiger partial charge in [-0.2, -0.15) is 0 Å². The van der Waals surface area contributed by atoms with Gasteiger partial charge in [0, 0.05) is 13.1 Å². The number of nitrogens with zero attached hydrogens (tertiary/aromatic N) is 1. The van der Waals surface area contributed by atoms with Crippen molar-refractivity contribution in [3.8, 4) is 0 Å². The number of aliphatic carboxylic acids is 1. The Morgan fingerprint density at radius 2 is 2.11 bits per heavy atom. The average molecular weight is 272 g/mol. The zero-order valence-electron chi connectivity index (χ0n) is 11.9. The third-order valence-electron chi connectivity index (χ3n) is 3.89. The van der Waals surface area contributed by atoms with Crippen molar-refractivity contribution in [2.24, 2.45) is 5.41 Å². The van der Waals surface area contributed by atoms with Crippen molar-refractivity contribution in [3.05, 3.63) is 0 Å². The molecule has 2 atom stereocenters. The second-order valence-electron chi connectivity index (χ2n) is 5.90. The summed E-state index contributed by atoms with van der Waals surface area (Å²) in [5, 5.41) is 21.7. The fourth-order valence-corrected chi connectivity index (χ4v) is 2.13. The van der Waals surface area contributed by atoms with Crippen molar-refractivity contribution in [3.63, 3.8) is 0 Å². The van der Waals surface area contributed by atoms with Crippen LogP contribution in [0.2, 0.25) is 0 Å². The molecule has 2 unspecified atom stereocenters. The number of hydrogen-bond acceptors (Lipinski definition) is 3. The first-order chi connectivity index (χ1) is 8.70. The Bertz CT molecular complexity index is 357. The molecule has 110 valence electrons. The summed E-state index contributed by atoms with van der Waals surface area (Å²) in [5.74, 6) is -0.916. The van der Waals surface area contributed by atoms with Crippen molar-refractivity contribution in [2.45, 2.75) is 45.6 Å². The van der Waals surface area contributed by atoms with E-state index in [1.807, 2.05) is 0 Å². The Kier molecular flexibility index (Phi) is 4.79. The smallest absolute Gasteiger partial charge is 0.317 e. The monoisotopic (exact) mass is 272 g/mol. The van der Waals surface area contributed by atoms with Crippen molar-refractivity contribution in [1.29, 1.82) is 0 Å². The molecule has 1 fully saturated rings. The van der Waals surface area contributed by atoms with Gasteiger partial charge in [-0.05, 0) is 33.1 Å². The minimum atomic E-state index is -0.950. The molecule has 1 saturated heterocycles. The maximum Gasteiger partial charge on any atom is 0.317 e. The van der Waals surface area contributed by atoms with E-state index in [1.54, 1.807) is 25.7 Å². The summed E-state index contributed by atoms with van der Waals surface area (Å²) in [6.45, 7) is 6.08. The van der Waals surface area contributed by atoms with E-state index < -0.39 is 17.0 Å². The first-order valence-electron chi connectivity index (χ1n) is 6.69. The van der Waals surface area contributed by atoms with Gasteiger partial charge in [0.25, 0.3) is 0 Å². The second kappa shape index (κ2) is 5.77. The largest absolute Gasteiger partial charge is 0.481 e. The number of carbonyl (C=O) groups is 2. The molecule has 1 rings (SSSR count). The highest BCUT2D eigenvalue weighted by atomic mass is 16.4. The second-order valence-corrected chi connectivity index (χ2v) is 5.90. The Balaban J connectivity index is 2.54. The molecule has 3 N–H and O–H groups in total. The lowest BCUT2D eigenvalue weighted by Gasteiger charge is -2.37. The number of urea groups is 1. The molecule has 0 aliphatic carbocycles. The summed E-state index contributed by atoms with van der Waals surface area (Å²) < 4.78 is 0. The van der Waals surface area contributed by atoms with E-state index >= 15 is 0 Å². The van der Waals surface area contributed by atoms with Gasteiger partial charge in [0.05, 0.1) is 17.6 Å². The van der Waals surface area contributed by atoms with Crippen LogP contribution in [-0.4, -0.2) is 52.3 Å². The van der Waals surface area contributed by atoms with Crippen molar-refractivity contribution < 1.29 is 19.8 Å². The molecule has 0 radical (unpaired) electrons. The number of β-amino-alcohol motifs (C(OH)–C–C–N with tert-alkyl or cyclic N) is 1. The van der Waals surface area contributed by atoms with E-state index in [0.717, 1.165) is 6.42 Å². The summed E-state index contributed by atoms with van der Waals surface area (Å²) in [7, 11) is 0. The van der Waals surface area contributed by atoms with Gasteiger partial charge in [-0.1, -0.05) is 6.92 Å². The van der Waals surface area contributed by atoms with E-state index in [0.29, 0.717) is 19.4 Å². The van der Waals surface area contributed by atoms with Crippen molar-refractivity contribution in [1.82, 2.24) is 10.2 Å². The Morgan fingerprint density at radius 1 is 1.47 bits per heavy atom. The lowest BCUT2D eigenvalue weighted by atomic mass is 9.88. The highest BCUT2D eigenvalue weighted by molar-refractivity contribution is 5.78. The first-order valence-corrected chi connectivity index (χ1v) is 6.69. The number of aliphatic hydroxyl groups is 1. The summed E-state index contributed by atoms with van der Waals surface area (Å²) >= 11 is 0. The van der Waals surface area contributed by atoms with Crippen LogP contribution in [0.25, 0.3) is 0 Å². The molecule has 0 aromatic heterocycles. The summed E-state index contributed by atoms with van der Waals surface area (Å²) in [5.41, 5.74) is -1.80. The van der Waals surface area contributed by atoms with Crippen LogP contribution in [-0.2, 0) is 4.79 Å². The maximum atomic E-state index is 12.0. The van der Waals surface area contributed by atoms with Crippen molar-refractivity contribution in [2.75, 3.05) is 19.6 Å². The van der Waals surface area contributed by atoms with Crippen LogP contribution in [0.15, 0.2) is 0 Å². The van der Waals surface area contributed by atoms with Gasteiger partial charge >= 0.3 is 12.0 Å². The van der Waals surface area contributed by atoms with E-state index in [9.17, 15) is 14.7 Å². The van der Waals surface area contributed by atoms with Crippen LogP contribution >= 0.6 is 0 Å². The quantitative estimate of drug-likeness (QED) is 0.713. The number of carboxylic acid groups (broad SMARTS) is 1. The zero-order valence-corrected chi connectivity index (χ0v) is 11.9. The molecule has 1 aliphatic heterocycles. The van der Waals surface area contributed by atoms with Crippen LogP contribution in [0, 0.1) is 5.41 Å². The van der Waals surface area contributed by atoms with Crippen molar-refractivity contribution >= 4 is 12.0 Å². The van der Waals surface area contributed by atoms with E-state index in [1.165, 1.54) is 0 Å². The molecule has 6 heteroatoms. The van der Waals surface area contributed by atoms with Crippen LogP contribution < -0.4 is 5.32 Å². The average Bonchev–Trinajstić information content (AvgIpc) is 2.34. The van der Waals surface area contributed by atoms with Gasteiger partial charge in [-0.25, -0.2) is 4.79 Å². The Labute approximate surface area is 113 Å². The first kappa shape index (κ1) is 15.8. The SMILES string of the molecule is CCC(C)(CNC(=O)N1CCCC(C)(O)C1)C(=O)O. The third-order valence-corrected chi connectivity index (χ3v) is 3.89. The van der Waals surface area contributed by atoms with Gasteiger partial charge < -0.3 is 20.4 Å². The molecular weight excluding hydrogens is 248 g/mol. The maximum absolute atomic E-state index is 12.0. The van der Waals surface area contributed by atoms with Gasteiger partial charge in [0.15, 0.2) is 0 Å². The zero-order chi connectivity index (χ0) is 14.7. The predicted octanol–water partition coefficient (Wildman–Crippen LogP) is 1.04. The van der Waals surface area contributed by atoms with Crippen LogP contribution in [0.1, 0.15) is 40.0 Å². The normalized spacial score (nSPS) is 26.6. The molecule has 2 amide bonds. The topological polar surface area (TPSA) is 89.9 Å². The highest BCUT2D eigenvalue weighted by Gasteiger charge is 2.34. The molecule has 0 saturated carbocycles. The lowest BCUT2D eigenvalue weighted by Crippen LogP contribution is -2.53. The van der Waals surface area contributed by atoms with Gasteiger partial charge in [-0.15, -0.1) is 0 Å². The van der Waals surface area contributed by atoms with Gasteiger partial charge in [0.1, 0.15) is 0 Å². The molecule has 0 aromatic carbocycles. The number of amides is 2. The number of hydrogen-bond donors (Lipinski definition) is 3. The minimum absolute atomic E-state index is 0.0936. The van der Waals surface area contributed by atoms with Gasteiger partial charge in [-0.3, -0.25) is 4.79 Å². The van der Waals surface area contributed by atoms with E-state index in [-0.39, 0.29) is 19.1 Å². The molecule has 19 heavy (non-hydrogen) atoms. The molecule has 0 spiro atoms. The molecule has 1 heterocycles. The molecule has 0 aromatic rings. The van der Waals surface area contributed by atoms with Gasteiger partial charge in [0.2, 0.25) is 0 Å². The highest BCUT2D eigenvalue weighted by Crippen LogP contribution is 2.22. The molecule has 0 bridgehead atoms. The Morgan fingerprint density at radius 3 is 2.58 bits per heavy atom. The van der Waals surface area contributed by atoms with Crippen LogP contribution in [0.5, 0.6) is 0 Å². The third kappa shape index (κ3) is 4.09. The minimum Gasteiger partial charge on any atom is -0.481 e. The van der Waals surface area contributed by atoms with E-state index in [4.69, 9.17) is 5.11 Å². The fraction of sp³-hybridized carbons (Fsp3) is 0.846. The number of rotatable bonds is 4. The number of carboxylic acids is 1. The number of carbonyl (C=O) groups excluding carboxylic acids is 1.